The van der Waals surface area contributed by atoms with Gasteiger partial charge in [-0.15, -0.1) is 0 Å². The van der Waals surface area contributed by atoms with E-state index in [1.807, 2.05) is 0 Å². The van der Waals surface area contributed by atoms with E-state index in [0.29, 0.717) is 0 Å². The van der Waals surface area contributed by atoms with Crippen LogP contribution in [0.25, 0.3) is 0 Å². The van der Waals surface area contributed by atoms with Crippen molar-refractivity contribution in [2.75, 3.05) is 0 Å². The van der Waals surface area contributed by atoms with Crippen LogP contribution < -0.4 is 0 Å². The Morgan fingerprint density at radius 1 is 0.647 bits per heavy atom. The van der Waals surface area contributed by atoms with Gasteiger partial charge in [0.15, 0.2) is 0 Å². The fourth-order valence-corrected chi connectivity index (χ4v) is 1.80. The standard InChI is InChI=1S/C17H31/c1-3-5-7-9-11-13-15-17-16-14-12-10-8-6-4-2/h8,10,16-17H,1,3-7,9,11-15H2,2H3/b10-8+,17-16+. The molecule has 0 rings (SSSR count). The largest absolute Gasteiger partial charge is 0.0885 e. The first-order chi connectivity index (χ1) is 8.41. The molecule has 0 aromatic carbocycles. The van der Waals surface area contributed by atoms with E-state index >= 15 is 0 Å². The second-order valence-corrected chi connectivity index (χ2v) is 4.72. The van der Waals surface area contributed by atoms with Gasteiger partial charge in [0.1, 0.15) is 0 Å². The van der Waals surface area contributed by atoms with E-state index in [9.17, 15) is 0 Å². The van der Waals surface area contributed by atoms with Crippen molar-refractivity contribution >= 4 is 0 Å². The van der Waals surface area contributed by atoms with Gasteiger partial charge in [0.2, 0.25) is 0 Å². The van der Waals surface area contributed by atoms with Gasteiger partial charge in [-0.25, -0.2) is 0 Å². The van der Waals surface area contributed by atoms with Crippen molar-refractivity contribution in [1.82, 2.24) is 0 Å². The number of allylic oxidation sites excluding steroid dienone is 4. The molecule has 0 N–H and O–H groups in total. The van der Waals surface area contributed by atoms with Crippen LogP contribution in [0.3, 0.4) is 0 Å². The lowest BCUT2D eigenvalue weighted by molar-refractivity contribution is 0.621. The number of rotatable bonds is 12. The van der Waals surface area contributed by atoms with Crippen LogP contribution in [-0.4, -0.2) is 0 Å². The lowest BCUT2D eigenvalue weighted by atomic mass is 10.1. The summed E-state index contributed by atoms with van der Waals surface area (Å²) < 4.78 is 0. The maximum atomic E-state index is 3.86. The Morgan fingerprint density at radius 2 is 1.18 bits per heavy atom. The Hall–Kier alpha value is -0.520. The molecule has 0 fully saturated rings. The normalized spacial score (nSPS) is 11.9. The summed E-state index contributed by atoms with van der Waals surface area (Å²) in [4.78, 5) is 0. The summed E-state index contributed by atoms with van der Waals surface area (Å²) in [7, 11) is 0. The molecule has 0 unspecified atom stereocenters. The Balaban J connectivity index is 3.09. The zero-order valence-corrected chi connectivity index (χ0v) is 11.8. The zero-order valence-electron chi connectivity index (χ0n) is 11.8. The van der Waals surface area contributed by atoms with Gasteiger partial charge in [-0.3, -0.25) is 0 Å². The summed E-state index contributed by atoms with van der Waals surface area (Å²) in [5.74, 6) is 0. The Bertz CT molecular complexity index is 176. The first kappa shape index (κ1) is 16.5. The van der Waals surface area contributed by atoms with Crippen LogP contribution in [0.15, 0.2) is 24.3 Å². The van der Waals surface area contributed by atoms with E-state index in [-0.39, 0.29) is 0 Å². The molecule has 0 amide bonds. The molecule has 0 aromatic rings. The predicted molar refractivity (Wildman–Crippen MR) is 80.1 cm³/mol. The van der Waals surface area contributed by atoms with Gasteiger partial charge >= 0.3 is 0 Å². The van der Waals surface area contributed by atoms with Crippen LogP contribution in [0.4, 0.5) is 0 Å². The first-order valence-electron chi connectivity index (χ1n) is 7.51. The van der Waals surface area contributed by atoms with Crippen molar-refractivity contribution in [2.24, 2.45) is 0 Å². The molecule has 0 saturated carbocycles. The fraction of sp³-hybridized carbons (Fsp3) is 0.706. The monoisotopic (exact) mass is 235 g/mol. The Morgan fingerprint density at radius 3 is 1.82 bits per heavy atom. The van der Waals surface area contributed by atoms with Crippen LogP contribution in [0, 0.1) is 6.92 Å². The molecule has 0 atom stereocenters. The molecule has 0 bridgehead atoms. The molecular weight excluding hydrogens is 204 g/mol. The van der Waals surface area contributed by atoms with Crippen molar-refractivity contribution in [3.05, 3.63) is 31.2 Å². The smallest absolute Gasteiger partial charge is 0.0316 e. The average molecular weight is 235 g/mol. The van der Waals surface area contributed by atoms with E-state index in [1.165, 1.54) is 64.2 Å². The summed E-state index contributed by atoms with van der Waals surface area (Å²) in [5.41, 5.74) is 0. The molecule has 17 heavy (non-hydrogen) atoms. The van der Waals surface area contributed by atoms with Crippen LogP contribution in [-0.2, 0) is 0 Å². The maximum absolute atomic E-state index is 3.86. The highest BCUT2D eigenvalue weighted by molar-refractivity contribution is 4.87. The van der Waals surface area contributed by atoms with Gasteiger partial charge in [0.05, 0.1) is 0 Å². The minimum atomic E-state index is 1.10. The van der Waals surface area contributed by atoms with Gasteiger partial charge in [-0.2, -0.15) is 0 Å². The Kier molecular flexibility index (Phi) is 15.0. The van der Waals surface area contributed by atoms with E-state index in [4.69, 9.17) is 0 Å². The molecule has 0 aromatic heterocycles. The van der Waals surface area contributed by atoms with Crippen molar-refractivity contribution in [2.45, 2.75) is 77.6 Å². The lowest BCUT2D eigenvalue weighted by Crippen LogP contribution is -1.77. The molecule has 0 heterocycles. The lowest BCUT2D eigenvalue weighted by Gasteiger charge is -1.97. The van der Waals surface area contributed by atoms with E-state index < -0.39 is 0 Å². The predicted octanol–water partition coefficient (Wildman–Crippen LogP) is 6.24. The third-order valence-corrected chi connectivity index (χ3v) is 2.91. The number of hydrogen-bond donors (Lipinski definition) is 0. The SMILES string of the molecule is [CH2]CCCCCCC/C=C/CC/C=C/CCC. The van der Waals surface area contributed by atoms with Crippen molar-refractivity contribution < 1.29 is 0 Å². The summed E-state index contributed by atoms with van der Waals surface area (Å²) in [5, 5.41) is 0. The topological polar surface area (TPSA) is 0 Å². The second-order valence-electron chi connectivity index (χ2n) is 4.72. The van der Waals surface area contributed by atoms with E-state index in [2.05, 4.69) is 38.2 Å². The van der Waals surface area contributed by atoms with Gasteiger partial charge in [0.25, 0.3) is 0 Å². The maximum Gasteiger partial charge on any atom is -0.0316 e. The minimum Gasteiger partial charge on any atom is -0.0885 e. The van der Waals surface area contributed by atoms with Crippen LogP contribution in [0.2, 0.25) is 0 Å². The third-order valence-electron chi connectivity index (χ3n) is 2.91. The molecule has 0 aliphatic heterocycles. The molecule has 99 valence electrons. The van der Waals surface area contributed by atoms with Crippen LogP contribution >= 0.6 is 0 Å². The molecule has 0 aliphatic carbocycles. The molecule has 0 spiro atoms. The molecule has 0 aliphatic rings. The fourth-order valence-electron chi connectivity index (χ4n) is 1.80. The van der Waals surface area contributed by atoms with Gasteiger partial charge in [-0.05, 0) is 32.1 Å². The summed E-state index contributed by atoms with van der Waals surface area (Å²) in [6.07, 6.45) is 23.4. The van der Waals surface area contributed by atoms with Crippen molar-refractivity contribution in [3.8, 4) is 0 Å². The summed E-state index contributed by atoms with van der Waals surface area (Å²) >= 11 is 0. The summed E-state index contributed by atoms with van der Waals surface area (Å²) in [6, 6.07) is 0. The third kappa shape index (κ3) is 15.5. The molecule has 0 heteroatoms. The number of hydrogen-bond acceptors (Lipinski definition) is 0. The van der Waals surface area contributed by atoms with E-state index in [0.717, 1.165) is 6.42 Å². The van der Waals surface area contributed by atoms with E-state index in [1.54, 1.807) is 0 Å². The zero-order chi connectivity index (χ0) is 12.6. The van der Waals surface area contributed by atoms with Crippen molar-refractivity contribution in [1.29, 1.82) is 0 Å². The average Bonchev–Trinajstić information content (AvgIpc) is 2.35. The highest BCUT2D eigenvalue weighted by atomic mass is 13.9. The Labute approximate surface area is 109 Å². The highest BCUT2D eigenvalue weighted by Crippen LogP contribution is 2.07. The summed E-state index contributed by atoms with van der Waals surface area (Å²) in [6.45, 7) is 6.09. The van der Waals surface area contributed by atoms with Gasteiger partial charge in [0, 0.05) is 0 Å². The molecular formula is C17H31. The molecule has 0 nitrogen and oxygen atoms in total. The second kappa shape index (κ2) is 15.5. The van der Waals surface area contributed by atoms with Crippen LogP contribution in [0.1, 0.15) is 77.6 Å². The first-order valence-corrected chi connectivity index (χ1v) is 7.51. The van der Waals surface area contributed by atoms with Crippen molar-refractivity contribution in [3.63, 3.8) is 0 Å². The number of unbranched alkanes of at least 4 members (excludes halogenated alkanes) is 8. The quantitative estimate of drug-likeness (QED) is 0.277. The van der Waals surface area contributed by atoms with Gasteiger partial charge < -0.3 is 0 Å². The minimum absolute atomic E-state index is 1.10. The molecule has 0 saturated heterocycles. The van der Waals surface area contributed by atoms with Crippen LogP contribution in [0.5, 0.6) is 0 Å². The van der Waals surface area contributed by atoms with Gasteiger partial charge in [-0.1, -0.05) is 76.7 Å². The highest BCUT2D eigenvalue weighted by Gasteiger charge is 1.87. The molecule has 1 radical (unpaired) electrons.